The Kier molecular flexibility index (Phi) is 3.80. The van der Waals surface area contributed by atoms with E-state index < -0.39 is 0 Å². The number of H-pyrrole nitrogens is 1. The minimum Gasteiger partial charge on any atom is -0.354 e. The maximum atomic E-state index is 13.1. The van der Waals surface area contributed by atoms with Crippen LogP contribution in [0.2, 0.25) is 0 Å². The Morgan fingerprint density at radius 1 is 1.18 bits per heavy atom. The van der Waals surface area contributed by atoms with Crippen molar-refractivity contribution in [2.45, 2.75) is 26.2 Å². The highest BCUT2D eigenvalue weighted by atomic mass is 19.1. The van der Waals surface area contributed by atoms with Crippen LogP contribution < -0.4 is 0 Å². The van der Waals surface area contributed by atoms with Gasteiger partial charge in [0.05, 0.1) is 5.69 Å². The van der Waals surface area contributed by atoms with Crippen LogP contribution in [0, 0.1) is 5.82 Å². The van der Waals surface area contributed by atoms with Gasteiger partial charge in [-0.25, -0.2) is 4.39 Å². The molecule has 3 rings (SSSR count). The summed E-state index contributed by atoms with van der Waals surface area (Å²) in [4.78, 5) is 14.9. The van der Waals surface area contributed by atoms with Crippen LogP contribution >= 0.6 is 0 Å². The molecule has 1 aromatic heterocycles. The normalized spacial score (nSPS) is 12.5. The van der Waals surface area contributed by atoms with E-state index in [1.165, 1.54) is 17.7 Å². The van der Waals surface area contributed by atoms with Gasteiger partial charge >= 0.3 is 0 Å². The van der Waals surface area contributed by atoms with Gasteiger partial charge in [0.1, 0.15) is 5.82 Å². The Balaban J connectivity index is 2.19. The summed E-state index contributed by atoms with van der Waals surface area (Å²) >= 11 is 0. The fourth-order valence-corrected chi connectivity index (χ4v) is 2.74. The van der Waals surface area contributed by atoms with Gasteiger partial charge in [-0.2, -0.15) is 0 Å². The third kappa shape index (κ3) is 2.43. The van der Waals surface area contributed by atoms with Crippen LogP contribution in [-0.2, 0) is 0 Å². The summed E-state index contributed by atoms with van der Waals surface area (Å²) in [5, 5.41) is 0.923. The molecule has 0 saturated carbocycles. The quantitative estimate of drug-likeness (QED) is 0.651. The van der Waals surface area contributed by atoms with Gasteiger partial charge < -0.3 is 4.98 Å². The van der Waals surface area contributed by atoms with Crippen molar-refractivity contribution in [3.63, 3.8) is 0 Å². The van der Waals surface area contributed by atoms with Gasteiger partial charge in [0.25, 0.3) is 0 Å². The number of aromatic nitrogens is 1. The average Bonchev–Trinajstić information content (AvgIpc) is 2.92. The molecule has 2 nitrogen and oxygen atoms in total. The monoisotopic (exact) mass is 295 g/mol. The highest BCUT2D eigenvalue weighted by molar-refractivity contribution is 6.04. The van der Waals surface area contributed by atoms with Gasteiger partial charge in [-0.1, -0.05) is 19.9 Å². The second-order valence-electron chi connectivity index (χ2n) is 5.65. The molecular formula is C19H18FNO. The lowest BCUT2D eigenvalue weighted by Gasteiger charge is -2.08. The van der Waals surface area contributed by atoms with Gasteiger partial charge in [0.15, 0.2) is 6.29 Å². The number of carbonyl (C=O) groups excluding carboxylic acids is 1. The number of carbonyl (C=O) groups is 1. The summed E-state index contributed by atoms with van der Waals surface area (Å²) in [5.74, 6) is 0.166. The predicted octanol–water partition coefficient (Wildman–Crippen LogP) is 5.30. The maximum absolute atomic E-state index is 13.1. The van der Waals surface area contributed by atoms with Crippen molar-refractivity contribution in [1.82, 2.24) is 4.98 Å². The van der Waals surface area contributed by atoms with Crippen LogP contribution in [0.3, 0.4) is 0 Å². The van der Waals surface area contributed by atoms with E-state index in [1.807, 2.05) is 6.07 Å². The van der Waals surface area contributed by atoms with E-state index in [1.54, 1.807) is 12.1 Å². The molecule has 0 aliphatic rings. The summed E-state index contributed by atoms with van der Waals surface area (Å²) in [6, 6.07) is 12.4. The molecule has 0 aliphatic carbocycles. The SMILES string of the molecule is CCC(C)c1ccc2[nH]c(-c3ccc(F)cc3)c(C=O)c2c1. The molecule has 3 heteroatoms. The summed E-state index contributed by atoms with van der Waals surface area (Å²) < 4.78 is 13.1. The van der Waals surface area contributed by atoms with Crippen molar-refractivity contribution >= 4 is 17.2 Å². The maximum Gasteiger partial charge on any atom is 0.152 e. The van der Waals surface area contributed by atoms with Crippen molar-refractivity contribution < 1.29 is 9.18 Å². The van der Waals surface area contributed by atoms with Crippen LogP contribution in [0.4, 0.5) is 4.39 Å². The van der Waals surface area contributed by atoms with Crippen molar-refractivity contribution in [1.29, 1.82) is 0 Å². The number of rotatable bonds is 4. The van der Waals surface area contributed by atoms with Gasteiger partial charge in [0.2, 0.25) is 0 Å². The first-order chi connectivity index (χ1) is 10.6. The molecule has 1 unspecified atom stereocenters. The van der Waals surface area contributed by atoms with Crippen LogP contribution in [0.25, 0.3) is 22.2 Å². The molecule has 0 fully saturated rings. The highest BCUT2D eigenvalue weighted by Gasteiger charge is 2.14. The smallest absolute Gasteiger partial charge is 0.152 e. The fourth-order valence-electron chi connectivity index (χ4n) is 2.74. The number of hydrogen-bond acceptors (Lipinski definition) is 1. The first kappa shape index (κ1) is 14.5. The van der Waals surface area contributed by atoms with E-state index >= 15 is 0 Å². The van der Waals surface area contributed by atoms with E-state index in [0.29, 0.717) is 11.5 Å². The second-order valence-corrected chi connectivity index (χ2v) is 5.65. The Bertz CT molecular complexity index is 817. The van der Waals surface area contributed by atoms with Crippen LogP contribution in [-0.4, -0.2) is 11.3 Å². The minimum absolute atomic E-state index is 0.286. The zero-order valence-electron chi connectivity index (χ0n) is 12.7. The van der Waals surface area contributed by atoms with Gasteiger partial charge in [-0.3, -0.25) is 4.79 Å². The molecular weight excluding hydrogens is 277 g/mol. The third-order valence-electron chi connectivity index (χ3n) is 4.29. The number of fused-ring (bicyclic) bond motifs is 1. The van der Waals surface area contributed by atoms with Crippen molar-refractivity contribution in [3.05, 3.63) is 59.4 Å². The zero-order valence-corrected chi connectivity index (χ0v) is 12.7. The van der Waals surface area contributed by atoms with E-state index in [9.17, 15) is 9.18 Å². The fraction of sp³-hybridized carbons (Fsp3) is 0.211. The Hall–Kier alpha value is -2.42. The molecule has 22 heavy (non-hydrogen) atoms. The Labute approximate surface area is 129 Å². The number of hydrogen-bond donors (Lipinski definition) is 1. The van der Waals surface area contributed by atoms with E-state index in [-0.39, 0.29) is 5.82 Å². The molecule has 1 N–H and O–H groups in total. The van der Waals surface area contributed by atoms with Gasteiger partial charge in [-0.05, 0) is 59.9 Å². The minimum atomic E-state index is -0.286. The standard InChI is InChI=1S/C19H18FNO/c1-3-12(2)14-6-9-18-16(10-14)17(11-22)19(21-18)13-4-7-15(20)8-5-13/h4-12,21H,3H2,1-2H3. The topological polar surface area (TPSA) is 32.9 Å². The lowest BCUT2D eigenvalue weighted by Crippen LogP contribution is -1.91. The summed E-state index contributed by atoms with van der Waals surface area (Å²) in [6.45, 7) is 4.33. The summed E-state index contributed by atoms with van der Waals surface area (Å²) in [6.07, 6.45) is 1.93. The number of benzene rings is 2. The molecule has 0 aliphatic heterocycles. The van der Waals surface area contributed by atoms with E-state index in [0.717, 1.165) is 34.9 Å². The number of halogens is 1. The molecule has 0 amide bonds. The van der Waals surface area contributed by atoms with Crippen molar-refractivity contribution in [2.75, 3.05) is 0 Å². The number of nitrogens with one attached hydrogen (secondary N) is 1. The molecule has 2 aromatic carbocycles. The zero-order chi connectivity index (χ0) is 15.7. The molecule has 1 heterocycles. The predicted molar refractivity (Wildman–Crippen MR) is 87.8 cm³/mol. The molecule has 0 spiro atoms. The van der Waals surface area contributed by atoms with Crippen LogP contribution in [0.15, 0.2) is 42.5 Å². The third-order valence-corrected chi connectivity index (χ3v) is 4.29. The largest absolute Gasteiger partial charge is 0.354 e. The van der Waals surface area contributed by atoms with Crippen molar-refractivity contribution in [2.24, 2.45) is 0 Å². The number of aromatic amines is 1. The van der Waals surface area contributed by atoms with Crippen LogP contribution in [0.1, 0.15) is 42.1 Å². The second kappa shape index (κ2) is 5.76. The molecule has 1 atom stereocenters. The first-order valence-corrected chi connectivity index (χ1v) is 7.50. The first-order valence-electron chi connectivity index (χ1n) is 7.50. The molecule has 0 radical (unpaired) electrons. The Morgan fingerprint density at radius 3 is 2.55 bits per heavy atom. The van der Waals surface area contributed by atoms with Crippen LogP contribution in [0.5, 0.6) is 0 Å². The molecule has 0 saturated heterocycles. The van der Waals surface area contributed by atoms with E-state index in [4.69, 9.17) is 0 Å². The van der Waals surface area contributed by atoms with Crippen molar-refractivity contribution in [3.8, 4) is 11.3 Å². The highest BCUT2D eigenvalue weighted by Crippen LogP contribution is 2.31. The summed E-state index contributed by atoms with van der Waals surface area (Å²) in [7, 11) is 0. The van der Waals surface area contributed by atoms with Gasteiger partial charge in [0, 0.05) is 16.5 Å². The molecule has 0 bridgehead atoms. The van der Waals surface area contributed by atoms with E-state index in [2.05, 4.69) is 31.0 Å². The Morgan fingerprint density at radius 2 is 1.91 bits per heavy atom. The summed E-state index contributed by atoms with van der Waals surface area (Å²) in [5.41, 5.74) is 4.33. The lowest BCUT2D eigenvalue weighted by atomic mass is 9.96. The number of aldehydes is 1. The van der Waals surface area contributed by atoms with Gasteiger partial charge in [-0.15, -0.1) is 0 Å². The average molecular weight is 295 g/mol. The lowest BCUT2D eigenvalue weighted by molar-refractivity contribution is 0.112. The molecule has 112 valence electrons. The molecule has 3 aromatic rings.